The molecular weight excluding hydrogens is 386 g/mol. The first kappa shape index (κ1) is 19.4. The molecule has 0 aliphatic heterocycles. The van der Waals surface area contributed by atoms with Crippen molar-refractivity contribution in [1.29, 1.82) is 0 Å². The summed E-state index contributed by atoms with van der Waals surface area (Å²) in [5, 5.41) is 3.69. The zero-order valence-electron chi connectivity index (χ0n) is 14.9. The van der Waals surface area contributed by atoms with E-state index in [0.29, 0.717) is 22.0 Å². The lowest BCUT2D eigenvalue weighted by atomic mass is 10.1. The van der Waals surface area contributed by atoms with E-state index in [4.69, 9.17) is 25.5 Å². The molecule has 7 nitrogen and oxygen atoms in total. The van der Waals surface area contributed by atoms with Gasteiger partial charge in [0, 0.05) is 17.5 Å². The van der Waals surface area contributed by atoms with Crippen molar-refractivity contribution < 1.29 is 23.5 Å². The van der Waals surface area contributed by atoms with Crippen LogP contribution in [0.3, 0.4) is 0 Å². The van der Waals surface area contributed by atoms with E-state index in [0.717, 1.165) is 10.9 Å². The summed E-state index contributed by atoms with van der Waals surface area (Å²) in [6.45, 7) is 0.922. The second-order valence-corrected chi connectivity index (χ2v) is 6.29. The third-order valence-electron chi connectivity index (χ3n) is 3.79. The molecular formula is C20H16ClNO6. The number of halogens is 1. The van der Waals surface area contributed by atoms with Crippen LogP contribution in [0.2, 0.25) is 5.02 Å². The fraction of sp³-hybridized carbons (Fsp3) is 0.150. The number of hydrogen-bond acceptors (Lipinski definition) is 6. The number of rotatable bonds is 6. The maximum absolute atomic E-state index is 11.8. The number of benzene rings is 2. The average Bonchev–Trinajstić information content (AvgIpc) is 2.66. The molecule has 0 bridgehead atoms. The van der Waals surface area contributed by atoms with Gasteiger partial charge in [-0.05, 0) is 36.8 Å². The fourth-order valence-electron chi connectivity index (χ4n) is 2.47. The minimum atomic E-state index is -0.722. The fourth-order valence-corrected chi connectivity index (χ4v) is 2.66. The van der Waals surface area contributed by atoms with E-state index in [1.54, 1.807) is 43.3 Å². The van der Waals surface area contributed by atoms with Crippen molar-refractivity contribution in [3.8, 4) is 5.75 Å². The molecule has 0 radical (unpaired) electrons. The van der Waals surface area contributed by atoms with Gasteiger partial charge in [-0.2, -0.15) is 0 Å². The molecule has 0 atom stereocenters. The third-order valence-corrected chi connectivity index (χ3v) is 4.12. The molecule has 0 aliphatic carbocycles. The summed E-state index contributed by atoms with van der Waals surface area (Å²) in [4.78, 5) is 35.1. The molecule has 3 rings (SSSR count). The smallest absolute Gasteiger partial charge is 0.344 e. The van der Waals surface area contributed by atoms with Crippen molar-refractivity contribution in [1.82, 2.24) is 0 Å². The standard InChI is InChI=1S/C20H16ClNO6/c1-12-8-19(24)28-17-9-13(6-7-14(12)17)26-11-20(25)27-10-18(23)22-16-5-3-2-4-15(16)21/h2-9H,10-11H2,1H3,(H,22,23). The third kappa shape index (κ3) is 4.89. The Labute approximate surface area is 164 Å². The van der Waals surface area contributed by atoms with Crippen molar-refractivity contribution in [2.24, 2.45) is 0 Å². The van der Waals surface area contributed by atoms with Crippen LogP contribution in [-0.2, 0) is 14.3 Å². The highest BCUT2D eigenvalue weighted by Crippen LogP contribution is 2.22. The van der Waals surface area contributed by atoms with Crippen LogP contribution < -0.4 is 15.7 Å². The molecule has 0 aliphatic rings. The van der Waals surface area contributed by atoms with Crippen LogP contribution in [0.4, 0.5) is 5.69 Å². The Bertz CT molecular complexity index is 1090. The van der Waals surface area contributed by atoms with E-state index in [1.807, 2.05) is 0 Å². The van der Waals surface area contributed by atoms with E-state index in [9.17, 15) is 14.4 Å². The highest BCUT2D eigenvalue weighted by Gasteiger charge is 2.11. The zero-order valence-corrected chi connectivity index (χ0v) is 15.6. The lowest BCUT2D eigenvalue weighted by molar-refractivity contribution is -0.149. The van der Waals surface area contributed by atoms with Gasteiger partial charge in [0.05, 0.1) is 10.7 Å². The lowest BCUT2D eigenvalue weighted by Crippen LogP contribution is -2.23. The minimum Gasteiger partial charge on any atom is -0.482 e. The average molecular weight is 402 g/mol. The van der Waals surface area contributed by atoms with E-state index in [-0.39, 0.29) is 0 Å². The second kappa shape index (κ2) is 8.58. The summed E-state index contributed by atoms with van der Waals surface area (Å²) in [6.07, 6.45) is 0. The number of hydrogen-bond donors (Lipinski definition) is 1. The maximum Gasteiger partial charge on any atom is 0.344 e. The summed E-state index contributed by atoms with van der Waals surface area (Å²) in [7, 11) is 0. The van der Waals surface area contributed by atoms with Crippen molar-refractivity contribution in [2.75, 3.05) is 18.5 Å². The van der Waals surface area contributed by atoms with Gasteiger partial charge in [-0.15, -0.1) is 0 Å². The van der Waals surface area contributed by atoms with Gasteiger partial charge in [-0.1, -0.05) is 23.7 Å². The van der Waals surface area contributed by atoms with E-state index in [2.05, 4.69) is 5.32 Å². The highest BCUT2D eigenvalue weighted by atomic mass is 35.5. The van der Waals surface area contributed by atoms with Crippen LogP contribution in [0, 0.1) is 6.92 Å². The number of para-hydroxylation sites is 1. The van der Waals surface area contributed by atoms with E-state index < -0.39 is 30.7 Å². The van der Waals surface area contributed by atoms with Gasteiger partial charge in [0.1, 0.15) is 11.3 Å². The number of amides is 1. The summed E-state index contributed by atoms with van der Waals surface area (Å²) >= 11 is 5.94. The molecule has 1 amide bonds. The van der Waals surface area contributed by atoms with Crippen LogP contribution >= 0.6 is 11.6 Å². The maximum atomic E-state index is 11.8. The Hall–Kier alpha value is -3.32. The predicted octanol–water partition coefficient (Wildman–Crippen LogP) is 3.32. The normalized spacial score (nSPS) is 10.5. The van der Waals surface area contributed by atoms with Crippen LogP contribution in [0.5, 0.6) is 5.75 Å². The number of aryl methyl sites for hydroxylation is 1. The molecule has 1 N–H and O–H groups in total. The molecule has 1 aromatic heterocycles. The van der Waals surface area contributed by atoms with Gasteiger partial charge in [0.15, 0.2) is 13.2 Å². The number of carbonyl (C=O) groups is 2. The number of esters is 1. The Morgan fingerprint density at radius 1 is 1.11 bits per heavy atom. The van der Waals surface area contributed by atoms with Gasteiger partial charge in [0.2, 0.25) is 0 Å². The molecule has 2 aromatic carbocycles. The summed E-state index contributed by atoms with van der Waals surface area (Å²) in [5.74, 6) is -0.914. The number of carbonyl (C=O) groups excluding carboxylic acids is 2. The second-order valence-electron chi connectivity index (χ2n) is 5.88. The first-order chi connectivity index (χ1) is 13.4. The molecule has 0 saturated heterocycles. The molecule has 8 heteroatoms. The Balaban J connectivity index is 1.51. The Kier molecular flexibility index (Phi) is 5.96. The van der Waals surface area contributed by atoms with E-state index >= 15 is 0 Å². The summed E-state index contributed by atoms with van der Waals surface area (Å²) < 4.78 is 15.3. The molecule has 3 aromatic rings. The first-order valence-corrected chi connectivity index (χ1v) is 8.67. The quantitative estimate of drug-likeness (QED) is 0.503. The summed E-state index contributed by atoms with van der Waals surface area (Å²) in [5.41, 5.74) is 1.09. The molecule has 144 valence electrons. The zero-order chi connectivity index (χ0) is 20.1. The van der Waals surface area contributed by atoms with Gasteiger partial charge in [-0.25, -0.2) is 9.59 Å². The molecule has 0 saturated carbocycles. The number of anilines is 1. The molecule has 1 heterocycles. The topological polar surface area (TPSA) is 94.8 Å². The number of fused-ring (bicyclic) bond motifs is 1. The predicted molar refractivity (Wildman–Crippen MR) is 104 cm³/mol. The lowest BCUT2D eigenvalue weighted by Gasteiger charge is -2.09. The Morgan fingerprint density at radius 3 is 2.68 bits per heavy atom. The number of ether oxygens (including phenoxy) is 2. The van der Waals surface area contributed by atoms with Gasteiger partial charge in [-0.3, -0.25) is 4.79 Å². The molecule has 28 heavy (non-hydrogen) atoms. The van der Waals surface area contributed by atoms with Crippen LogP contribution in [0.1, 0.15) is 5.56 Å². The SMILES string of the molecule is Cc1cc(=O)oc2cc(OCC(=O)OCC(=O)Nc3ccccc3Cl)ccc12. The van der Waals surface area contributed by atoms with Crippen molar-refractivity contribution in [3.05, 3.63) is 69.5 Å². The van der Waals surface area contributed by atoms with Crippen LogP contribution in [-0.4, -0.2) is 25.1 Å². The van der Waals surface area contributed by atoms with E-state index in [1.165, 1.54) is 12.1 Å². The molecule has 0 unspecified atom stereocenters. The van der Waals surface area contributed by atoms with Crippen LogP contribution in [0.25, 0.3) is 11.0 Å². The van der Waals surface area contributed by atoms with Crippen molar-refractivity contribution in [2.45, 2.75) is 6.92 Å². The highest BCUT2D eigenvalue weighted by molar-refractivity contribution is 6.33. The Morgan fingerprint density at radius 2 is 1.89 bits per heavy atom. The minimum absolute atomic E-state index is 0.332. The van der Waals surface area contributed by atoms with Crippen molar-refractivity contribution in [3.63, 3.8) is 0 Å². The van der Waals surface area contributed by atoms with Gasteiger partial charge >= 0.3 is 11.6 Å². The molecule has 0 fully saturated rings. The monoisotopic (exact) mass is 401 g/mol. The van der Waals surface area contributed by atoms with Crippen molar-refractivity contribution >= 4 is 40.1 Å². The molecule has 0 spiro atoms. The van der Waals surface area contributed by atoms with Gasteiger partial charge < -0.3 is 19.2 Å². The summed E-state index contributed by atoms with van der Waals surface area (Å²) in [6, 6.07) is 13.0. The largest absolute Gasteiger partial charge is 0.482 e. The van der Waals surface area contributed by atoms with Gasteiger partial charge in [0.25, 0.3) is 5.91 Å². The van der Waals surface area contributed by atoms with Crippen LogP contribution in [0.15, 0.2) is 57.7 Å². The number of nitrogens with one attached hydrogen (secondary N) is 1. The first-order valence-electron chi connectivity index (χ1n) is 8.30.